The number of nitrogens with one attached hydrogen (secondary N) is 2. The zero-order valence-electron chi connectivity index (χ0n) is 16.3. The number of imide groups is 1. The van der Waals surface area contributed by atoms with Crippen molar-refractivity contribution >= 4 is 28.6 Å². The molecule has 1 heterocycles. The van der Waals surface area contributed by atoms with Gasteiger partial charge in [-0.3, -0.25) is 19.8 Å². The van der Waals surface area contributed by atoms with E-state index in [-0.39, 0.29) is 11.8 Å². The van der Waals surface area contributed by atoms with Crippen molar-refractivity contribution in [3.05, 3.63) is 48.0 Å². The maximum Gasteiger partial charge on any atom is 0.321 e. The van der Waals surface area contributed by atoms with Crippen LogP contribution in [-0.2, 0) is 4.79 Å². The van der Waals surface area contributed by atoms with Crippen LogP contribution < -0.4 is 10.6 Å². The first kappa shape index (κ1) is 19.8. The van der Waals surface area contributed by atoms with Gasteiger partial charge in [-0.25, -0.2) is 4.79 Å². The number of piperazine rings is 1. The molecule has 0 radical (unpaired) electrons. The molecule has 3 rings (SSSR count). The minimum Gasteiger partial charge on any atom is -0.338 e. The Balaban J connectivity index is 1.61. The van der Waals surface area contributed by atoms with Crippen LogP contribution in [0.25, 0.3) is 10.8 Å². The van der Waals surface area contributed by atoms with Gasteiger partial charge in [-0.05, 0) is 30.7 Å². The molecule has 0 saturated carbocycles. The highest BCUT2D eigenvalue weighted by molar-refractivity contribution is 6.07. The van der Waals surface area contributed by atoms with Crippen LogP contribution in [0.5, 0.6) is 0 Å². The molecule has 0 aliphatic carbocycles. The molecule has 2 N–H and O–H groups in total. The zero-order valence-corrected chi connectivity index (χ0v) is 16.3. The molecule has 7 nitrogen and oxygen atoms in total. The summed E-state index contributed by atoms with van der Waals surface area (Å²) in [5.74, 6) is -0.323. The molecule has 2 aromatic carbocycles. The summed E-state index contributed by atoms with van der Waals surface area (Å²) in [6, 6.07) is 12.7. The molecule has 0 spiro atoms. The molecule has 148 valence electrons. The third kappa shape index (κ3) is 4.31. The standard InChI is InChI=1S/C21H26N4O3/c1-3-22-21(28)23-19(26)15(2)24-11-13-25(14-12-24)20(27)18-10-6-8-16-7-4-5-9-17(16)18/h4-10,15H,3,11-14H2,1-2H3,(H2,22,23,26,28). The largest absolute Gasteiger partial charge is 0.338 e. The Kier molecular flexibility index (Phi) is 6.26. The van der Waals surface area contributed by atoms with Gasteiger partial charge in [-0.1, -0.05) is 36.4 Å². The second-order valence-corrected chi connectivity index (χ2v) is 6.88. The van der Waals surface area contributed by atoms with E-state index in [1.54, 1.807) is 13.8 Å². The smallest absolute Gasteiger partial charge is 0.321 e. The van der Waals surface area contributed by atoms with E-state index in [1.807, 2.05) is 52.3 Å². The normalized spacial score (nSPS) is 15.9. The van der Waals surface area contributed by atoms with Crippen molar-refractivity contribution in [1.29, 1.82) is 0 Å². The summed E-state index contributed by atoms with van der Waals surface area (Å²) >= 11 is 0. The Morgan fingerprint density at radius 3 is 2.39 bits per heavy atom. The first-order chi connectivity index (χ1) is 13.5. The van der Waals surface area contributed by atoms with Crippen molar-refractivity contribution in [3.8, 4) is 0 Å². The predicted octanol–water partition coefficient (Wildman–Crippen LogP) is 1.83. The number of fused-ring (bicyclic) bond motifs is 1. The van der Waals surface area contributed by atoms with Gasteiger partial charge in [0.05, 0.1) is 6.04 Å². The molecule has 1 atom stereocenters. The number of benzene rings is 2. The lowest BCUT2D eigenvalue weighted by Gasteiger charge is -2.37. The fraction of sp³-hybridized carbons (Fsp3) is 0.381. The third-order valence-corrected chi connectivity index (χ3v) is 5.12. The maximum absolute atomic E-state index is 13.0. The number of amides is 4. The molecule has 1 saturated heterocycles. The molecule has 0 bridgehead atoms. The number of nitrogens with zero attached hydrogens (tertiary/aromatic N) is 2. The summed E-state index contributed by atoms with van der Waals surface area (Å²) in [7, 11) is 0. The topological polar surface area (TPSA) is 81.8 Å². The Morgan fingerprint density at radius 1 is 1.00 bits per heavy atom. The number of carbonyl (C=O) groups excluding carboxylic acids is 3. The number of carbonyl (C=O) groups is 3. The van der Waals surface area contributed by atoms with E-state index in [0.29, 0.717) is 38.3 Å². The van der Waals surface area contributed by atoms with Crippen LogP contribution in [0.2, 0.25) is 0 Å². The van der Waals surface area contributed by atoms with Gasteiger partial charge in [-0.15, -0.1) is 0 Å². The summed E-state index contributed by atoms with van der Waals surface area (Å²) in [5, 5.41) is 6.89. The third-order valence-electron chi connectivity index (χ3n) is 5.12. The van der Waals surface area contributed by atoms with E-state index < -0.39 is 12.1 Å². The molecule has 0 aromatic heterocycles. The molecular formula is C21H26N4O3. The first-order valence-corrected chi connectivity index (χ1v) is 9.61. The lowest BCUT2D eigenvalue weighted by molar-refractivity contribution is -0.125. The summed E-state index contributed by atoms with van der Waals surface area (Å²) in [6.07, 6.45) is 0. The van der Waals surface area contributed by atoms with Gasteiger partial charge in [0.2, 0.25) is 5.91 Å². The van der Waals surface area contributed by atoms with Crippen LogP contribution >= 0.6 is 0 Å². The quantitative estimate of drug-likeness (QED) is 0.845. The molecule has 1 aliphatic rings. The molecular weight excluding hydrogens is 356 g/mol. The van der Waals surface area contributed by atoms with Gasteiger partial charge in [0.1, 0.15) is 0 Å². The zero-order chi connectivity index (χ0) is 20.1. The average Bonchev–Trinajstić information content (AvgIpc) is 2.72. The van der Waals surface area contributed by atoms with Crippen molar-refractivity contribution in [2.75, 3.05) is 32.7 Å². The highest BCUT2D eigenvalue weighted by Crippen LogP contribution is 2.21. The van der Waals surface area contributed by atoms with Crippen molar-refractivity contribution in [3.63, 3.8) is 0 Å². The van der Waals surface area contributed by atoms with E-state index >= 15 is 0 Å². The Labute approximate surface area is 164 Å². The number of hydrogen-bond acceptors (Lipinski definition) is 4. The Hall–Kier alpha value is -2.93. The summed E-state index contributed by atoms with van der Waals surface area (Å²) in [5.41, 5.74) is 0.702. The monoisotopic (exact) mass is 382 g/mol. The average molecular weight is 382 g/mol. The Morgan fingerprint density at radius 2 is 1.68 bits per heavy atom. The minimum atomic E-state index is -0.482. The van der Waals surface area contributed by atoms with E-state index in [9.17, 15) is 14.4 Å². The molecule has 2 aromatic rings. The summed E-state index contributed by atoms with van der Waals surface area (Å²) < 4.78 is 0. The molecule has 1 fully saturated rings. The molecule has 1 unspecified atom stereocenters. The van der Waals surface area contributed by atoms with Crippen LogP contribution in [0.3, 0.4) is 0 Å². The summed E-state index contributed by atoms with van der Waals surface area (Å²) in [6.45, 7) is 6.28. The van der Waals surface area contributed by atoms with Gasteiger partial charge in [0.15, 0.2) is 0 Å². The molecule has 7 heteroatoms. The van der Waals surface area contributed by atoms with Crippen molar-refractivity contribution in [2.45, 2.75) is 19.9 Å². The number of urea groups is 1. The van der Waals surface area contributed by atoms with Crippen molar-refractivity contribution in [2.24, 2.45) is 0 Å². The second kappa shape index (κ2) is 8.84. The van der Waals surface area contributed by atoms with Gasteiger partial charge in [-0.2, -0.15) is 0 Å². The molecule has 4 amide bonds. The minimum absolute atomic E-state index is 0.0101. The lowest BCUT2D eigenvalue weighted by Crippen LogP contribution is -2.56. The number of hydrogen-bond donors (Lipinski definition) is 2. The van der Waals surface area contributed by atoms with Gasteiger partial charge < -0.3 is 10.2 Å². The van der Waals surface area contributed by atoms with Crippen LogP contribution in [-0.4, -0.2) is 66.4 Å². The summed E-state index contributed by atoms with van der Waals surface area (Å²) in [4.78, 5) is 40.6. The lowest BCUT2D eigenvalue weighted by atomic mass is 10.0. The molecule has 1 aliphatic heterocycles. The number of rotatable bonds is 4. The SMILES string of the molecule is CCNC(=O)NC(=O)C(C)N1CCN(C(=O)c2cccc3ccccc23)CC1. The molecule has 28 heavy (non-hydrogen) atoms. The fourth-order valence-corrected chi connectivity index (χ4v) is 3.48. The maximum atomic E-state index is 13.0. The first-order valence-electron chi connectivity index (χ1n) is 9.61. The van der Waals surface area contributed by atoms with E-state index in [1.165, 1.54) is 0 Å². The predicted molar refractivity (Wildman–Crippen MR) is 108 cm³/mol. The van der Waals surface area contributed by atoms with E-state index in [4.69, 9.17) is 0 Å². The van der Waals surface area contributed by atoms with E-state index in [0.717, 1.165) is 10.8 Å². The van der Waals surface area contributed by atoms with Crippen LogP contribution in [0.1, 0.15) is 24.2 Å². The van der Waals surface area contributed by atoms with Gasteiger partial charge in [0.25, 0.3) is 5.91 Å². The van der Waals surface area contributed by atoms with Crippen molar-refractivity contribution < 1.29 is 14.4 Å². The van der Waals surface area contributed by atoms with Gasteiger partial charge in [0, 0.05) is 38.3 Å². The van der Waals surface area contributed by atoms with Crippen LogP contribution in [0, 0.1) is 0 Å². The highest BCUT2D eigenvalue weighted by atomic mass is 16.2. The fourth-order valence-electron chi connectivity index (χ4n) is 3.48. The van der Waals surface area contributed by atoms with Gasteiger partial charge >= 0.3 is 6.03 Å². The van der Waals surface area contributed by atoms with Crippen LogP contribution in [0.15, 0.2) is 42.5 Å². The van der Waals surface area contributed by atoms with Crippen LogP contribution in [0.4, 0.5) is 4.79 Å². The van der Waals surface area contributed by atoms with E-state index in [2.05, 4.69) is 10.6 Å². The Bertz CT molecular complexity index is 870. The van der Waals surface area contributed by atoms with Crippen molar-refractivity contribution in [1.82, 2.24) is 20.4 Å². The second-order valence-electron chi connectivity index (χ2n) is 6.88. The highest BCUT2D eigenvalue weighted by Gasteiger charge is 2.29.